The molecule has 18 heavy (non-hydrogen) atoms. The standard InChI is InChI=1S/C10H22N4O2S.HI/c1-10(2,3)13-9(11)12-5-7-14-6-4-8-17(14,15)16;/h4-8H2,1-3H3,(H3,11,12,13);1H. The van der Waals surface area contributed by atoms with Gasteiger partial charge in [0.2, 0.25) is 10.0 Å². The smallest absolute Gasteiger partial charge is 0.214 e. The molecule has 0 radical (unpaired) electrons. The van der Waals surface area contributed by atoms with Gasteiger partial charge in [0.1, 0.15) is 0 Å². The first-order chi connectivity index (χ1) is 7.71. The van der Waals surface area contributed by atoms with Gasteiger partial charge in [-0.2, -0.15) is 0 Å². The number of halogens is 1. The lowest BCUT2D eigenvalue weighted by molar-refractivity contribution is 0.451. The van der Waals surface area contributed by atoms with Gasteiger partial charge in [-0.15, -0.1) is 24.0 Å². The van der Waals surface area contributed by atoms with Crippen molar-refractivity contribution in [1.29, 1.82) is 0 Å². The third-order valence-electron chi connectivity index (χ3n) is 2.34. The third kappa shape index (κ3) is 6.19. The lowest BCUT2D eigenvalue weighted by atomic mass is 10.1. The van der Waals surface area contributed by atoms with Gasteiger partial charge in [-0.05, 0) is 27.2 Å². The van der Waals surface area contributed by atoms with E-state index in [0.717, 1.165) is 0 Å². The van der Waals surface area contributed by atoms with Gasteiger partial charge in [-0.1, -0.05) is 0 Å². The van der Waals surface area contributed by atoms with E-state index in [-0.39, 0.29) is 35.3 Å². The Morgan fingerprint density at radius 2 is 2.06 bits per heavy atom. The average Bonchev–Trinajstić information content (AvgIpc) is 2.42. The van der Waals surface area contributed by atoms with Crippen molar-refractivity contribution in [3.63, 3.8) is 0 Å². The Hall–Kier alpha value is -0.0900. The molecule has 0 spiro atoms. The summed E-state index contributed by atoms with van der Waals surface area (Å²) in [6.45, 7) is 7.37. The van der Waals surface area contributed by atoms with E-state index in [1.165, 1.54) is 4.31 Å². The number of nitrogens with two attached hydrogens (primary N) is 1. The lowest BCUT2D eigenvalue weighted by Crippen LogP contribution is -2.45. The number of guanidine groups is 1. The second-order valence-corrected chi connectivity index (χ2v) is 7.30. The van der Waals surface area contributed by atoms with E-state index < -0.39 is 10.0 Å². The molecule has 8 heteroatoms. The van der Waals surface area contributed by atoms with E-state index in [9.17, 15) is 8.42 Å². The molecule has 0 bridgehead atoms. The molecule has 6 nitrogen and oxygen atoms in total. The van der Waals surface area contributed by atoms with E-state index in [4.69, 9.17) is 5.73 Å². The van der Waals surface area contributed by atoms with E-state index >= 15 is 0 Å². The van der Waals surface area contributed by atoms with Crippen molar-refractivity contribution in [3.8, 4) is 0 Å². The van der Waals surface area contributed by atoms with Crippen molar-refractivity contribution < 1.29 is 8.42 Å². The summed E-state index contributed by atoms with van der Waals surface area (Å²) in [5.41, 5.74) is 5.55. The molecule has 1 fully saturated rings. The van der Waals surface area contributed by atoms with Gasteiger partial charge in [0, 0.05) is 18.6 Å². The Bertz CT molecular complexity index is 389. The van der Waals surface area contributed by atoms with Crippen LogP contribution in [0.25, 0.3) is 0 Å². The summed E-state index contributed by atoms with van der Waals surface area (Å²) in [4.78, 5) is 4.12. The molecule has 0 unspecified atom stereocenters. The van der Waals surface area contributed by atoms with Crippen LogP contribution < -0.4 is 11.1 Å². The number of sulfonamides is 1. The molecule has 0 atom stereocenters. The highest BCUT2D eigenvalue weighted by Crippen LogP contribution is 2.12. The average molecular weight is 390 g/mol. The van der Waals surface area contributed by atoms with Crippen molar-refractivity contribution in [2.75, 3.05) is 25.4 Å². The van der Waals surface area contributed by atoms with Crippen molar-refractivity contribution in [1.82, 2.24) is 9.62 Å². The molecule has 0 aromatic heterocycles. The minimum atomic E-state index is -3.02. The van der Waals surface area contributed by atoms with Crippen molar-refractivity contribution in [3.05, 3.63) is 0 Å². The molecule has 3 N–H and O–H groups in total. The molecule has 0 aromatic carbocycles. The van der Waals surface area contributed by atoms with Crippen molar-refractivity contribution in [2.45, 2.75) is 32.7 Å². The molecular formula is C10H23IN4O2S. The zero-order valence-electron chi connectivity index (χ0n) is 11.1. The topological polar surface area (TPSA) is 87.8 Å². The highest BCUT2D eigenvalue weighted by atomic mass is 127. The number of nitrogens with zero attached hydrogens (tertiary/aromatic N) is 2. The fraction of sp³-hybridized carbons (Fsp3) is 0.900. The first-order valence-corrected chi connectivity index (χ1v) is 7.37. The zero-order chi connectivity index (χ0) is 13.1. The monoisotopic (exact) mass is 390 g/mol. The summed E-state index contributed by atoms with van der Waals surface area (Å²) in [6, 6.07) is 0. The summed E-state index contributed by atoms with van der Waals surface area (Å²) >= 11 is 0. The molecule has 1 aliphatic rings. The molecule has 0 aliphatic carbocycles. The normalized spacial score (nSPS) is 20.5. The number of aliphatic imine (C=N–C) groups is 1. The fourth-order valence-electron chi connectivity index (χ4n) is 1.65. The maximum atomic E-state index is 11.5. The number of rotatable bonds is 3. The SMILES string of the molecule is CC(C)(C)NC(N)=NCCN1CCCS1(=O)=O.I. The lowest BCUT2D eigenvalue weighted by Gasteiger charge is -2.21. The summed E-state index contributed by atoms with van der Waals surface area (Å²) in [7, 11) is -3.02. The highest BCUT2D eigenvalue weighted by Gasteiger charge is 2.27. The van der Waals surface area contributed by atoms with Gasteiger partial charge in [-0.25, -0.2) is 12.7 Å². The molecule has 1 aliphatic heterocycles. The van der Waals surface area contributed by atoms with Crippen LogP contribution in [-0.4, -0.2) is 49.6 Å². The Morgan fingerprint density at radius 3 is 2.50 bits per heavy atom. The molecular weight excluding hydrogens is 367 g/mol. The van der Waals surface area contributed by atoms with Gasteiger partial charge < -0.3 is 11.1 Å². The second kappa shape index (κ2) is 6.90. The van der Waals surface area contributed by atoms with Crippen LogP contribution in [0.5, 0.6) is 0 Å². The van der Waals surface area contributed by atoms with E-state index in [1.54, 1.807) is 0 Å². The maximum Gasteiger partial charge on any atom is 0.214 e. The predicted molar refractivity (Wildman–Crippen MR) is 84.8 cm³/mol. The van der Waals surface area contributed by atoms with Crippen molar-refractivity contribution in [2.24, 2.45) is 10.7 Å². The van der Waals surface area contributed by atoms with Gasteiger partial charge in [0.15, 0.2) is 5.96 Å². The Balaban J connectivity index is 0.00000289. The number of hydrogen-bond donors (Lipinski definition) is 2. The predicted octanol–water partition coefficient (Wildman–Crippen LogP) is 0.343. The molecule has 0 saturated carbocycles. The first kappa shape index (κ1) is 17.9. The quantitative estimate of drug-likeness (QED) is 0.414. The Kier molecular flexibility index (Phi) is 6.86. The van der Waals surface area contributed by atoms with Crippen LogP contribution in [0.2, 0.25) is 0 Å². The number of nitrogens with one attached hydrogen (secondary N) is 1. The van der Waals surface area contributed by atoms with Crippen LogP contribution in [-0.2, 0) is 10.0 Å². The van der Waals surface area contributed by atoms with Crippen LogP contribution in [0, 0.1) is 0 Å². The zero-order valence-corrected chi connectivity index (χ0v) is 14.3. The van der Waals surface area contributed by atoms with E-state index in [1.807, 2.05) is 20.8 Å². The van der Waals surface area contributed by atoms with E-state index in [0.29, 0.717) is 32.0 Å². The number of hydrogen-bond acceptors (Lipinski definition) is 3. The molecule has 1 rings (SSSR count). The summed E-state index contributed by atoms with van der Waals surface area (Å²) in [5, 5.41) is 3.03. The summed E-state index contributed by atoms with van der Waals surface area (Å²) < 4.78 is 24.5. The van der Waals surface area contributed by atoms with Crippen molar-refractivity contribution >= 4 is 40.0 Å². The van der Waals surface area contributed by atoms with Gasteiger partial charge in [-0.3, -0.25) is 4.99 Å². The van der Waals surface area contributed by atoms with Crippen LogP contribution in [0.1, 0.15) is 27.2 Å². The summed E-state index contributed by atoms with van der Waals surface area (Å²) in [5.74, 6) is 0.612. The highest BCUT2D eigenvalue weighted by molar-refractivity contribution is 14.0. The van der Waals surface area contributed by atoms with Crippen LogP contribution in [0.4, 0.5) is 0 Å². The Morgan fingerprint density at radius 1 is 1.44 bits per heavy atom. The molecule has 1 saturated heterocycles. The first-order valence-electron chi connectivity index (χ1n) is 5.77. The van der Waals surface area contributed by atoms with Gasteiger partial charge in [0.05, 0.1) is 12.3 Å². The molecule has 0 amide bonds. The largest absolute Gasteiger partial charge is 0.370 e. The Labute approximate surface area is 126 Å². The van der Waals surface area contributed by atoms with Crippen LogP contribution in [0.15, 0.2) is 4.99 Å². The fourth-order valence-corrected chi connectivity index (χ4v) is 3.17. The van der Waals surface area contributed by atoms with E-state index in [2.05, 4.69) is 10.3 Å². The maximum absolute atomic E-state index is 11.5. The van der Waals surface area contributed by atoms with Crippen LogP contribution >= 0.6 is 24.0 Å². The second-order valence-electron chi connectivity index (χ2n) is 5.21. The minimum absolute atomic E-state index is 0. The minimum Gasteiger partial charge on any atom is -0.370 e. The van der Waals surface area contributed by atoms with Crippen LogP contribution in [0.3, 0.4) is 0 Å². The third-order valence-corrected chi connectivity index (χ3v) is 4.29. The molecule has 108 valence electrons. The molecule has 1 heterocycles. The van der Waals surface area contributed by atoms with Gasteiger partial charge >= 0.3 is 0 Å². The molecule has 0 aromatic rings. The van der Waals surface area contributed by atoms with Gasteiger partial charge in [0.25, 0.3) is 0 Å². The summed E-state index contributed by atoms with van der Waals surface area (Å²) in [6.07, 6.45) is 0.710.